The Kier molecular flexibility index (Phi) is 236. The second kappa shape index (κ2) is 102. The Bertz CT molecular complexity index is 55.7. The van der Waals surface area contributed by atoms with E-state index in [-0.39, 0.29) is 17.1 Å². The van der Waals surface area contributed by atoms with Gasteiger partial charge in [-0.3, -0.25) is 0 Å². The van der Waals surface area contributed by atoms with Crippen LogP contribution >= 0.6 is 0 Å². The molecular weight excluding hydrogens is 182 g/mol. The molecule has 0 aliphatic rings. The zero-order chi connectivity index (χ0) is 8.12. The van der Waals surface area contributed by atoms with Gasteiger partial charge in [-0.2, -0.15) is 19.2 Å². The zero-order valence-electron chi connectivity index (χ0n) is 4.81. The summed E-state index contributed by atoms with van der Waals surface area (Å²) in [5.74, 6) is 0. The van der Waals surface area contributed by atoms with Crippen LogP contribution in [-0.2, 0) is 31.5 Å². The van der Waals surface area contributed by atoms with Gasteiger partial charge in [-0.1, -0.05) is 0 Å². The van der Waals surface area contributed by atoms with Gasteiger partial charge >= 0.3 is 17.1 Å². The third kappa shape index (κ3) is 213. The Morgan fingerprint density at radius 3 is 0.700 bits per heavy atom. The molecule has 6 N–H and O–H groups in total. The van der Waals surface area contributed by atoms with Crippen LogP contribution in [0.15, 0.2) is 0 Å². The van der Waals surface area contributed by atoms with E-state index in [1.54, 1.807) is 0 Å². The Morgan fingerprint density at radius 2 is 0.700 bits per heavy atom. The number of carbonyl (C=O) groups excluding carboxylic acids is 3. The maximum atomic E-state index is 8.46. The molecule has 0 fully saturated rings. The molecule has 10 heavy (non-hydrogen) atoms. The molecule has 0 aliphatic heterocycles. The third-order valence-corrected chi connectivity index (χ3v) is 0. The molecule has 3 amide bonds. The first-order chi connectivity index (χ1) is 4.24. The summed E-state index contributed by atoms with van der Waals surface area (Å²) in [6.45, 7) is 0. The fourth-order valence-electron chi connectivity index (χ4n) is 0. The Morgan fingerprint density at radius 1 is 0.700 bits per heavy atom. The van der Waals surface area contributed by atoms with E-state index in [4.69, 9.17) is 14.4 Å². The Balaban J connectivity index is -0.0000000257. The maximum Gasteiger partial charge on any atom is 3.00 e. The van der Waals surface area contributed by atoms with Crippen molar-refractivity contribution in [2.45, 2.75) is 0 Å². The minimum absolute atomic E-state index is 0. The molecule has 0 aliphatic carbocycles. The van der Waals surface area contributed by atoms with Crippen LogP contribution in [0.4, 0.5) is 0 Å². The molecule has 59 valence electrons. The molecule has 0 aromatic carbocycles. The summed E-state index contributed by atoms with van der Waals surface area (Å²) in [5.41, 5.74) is 12.1. The van der Waals surface area contributed by atoms with Gasteiger partial charge in [0.2, 0.25) is 0 Å². The molecule has 0 bridgehead atoms. The number of hydrogen-bond acceptors (Lipinski definition) is 3. The summed E-state index contributed by atoms with van der Waals surface area (Å²) in [7, 11) is 0. The number of primary amides is 3. The van der Waals surface area contributed by atoms with Crippen LogP contribution in [0.5, 0.6) is 0 Å². The van der Waals surface area contributed by atoms with Crippen LogP contribution in [-0.4, -0.2) is 19.2 Å². The smallest absolute Gasteiger partial charge is 0.543 e. The van der Waals surface area contributed by atoms with E-state index in [1.165, 1.54) is 0 Å². The van der Waals surface area contributed by atoms with Crippen LogP contribution in [0.25, 0.3) is 0 Å². The average Bonchev–Trinajstić information content (AvgIpc) is 1.70. The molecule has 7 heteroatoms. The third-order valence-electron chi connectivity index (χ3n) is 0. The predicted octanol–water partition coefficient (Wildman–Crippen LogP) is -2.97. The van der Waals surface area contributed by atoms with Crippen LogP contribution < -0.4 is 17.2 Å². The maximum absolute atomic E-state index is 8.46. The van der Waals surface area contributed by atoms with Gasteiger partial charge in [0.15, 0.2) is 0 Å². The van der Waals surface area contributed by atoms with Gasteiger partial charge < -0.3 is 31.6 Å². The number of nitrogens with two attached hydrogens (primary N) is 3. The van der Waals surface area contributed by atoms with E-state index < -0.39 is 0 Å². The Labute approximate surface area is 68.6 Å². The normalized spacial score (nSPS) is 3.60. The van der Waals surface area contributed by atoms with E-state index in [2.05, 4.69) is 17.2 Å². The van der Waals surface area contributed by atoms with Gasteiger partial charge in [-0.05, 0) is 0 Å². The molecule has 1 radical (unpaired) electrons. The number of rotatable bonds is 0. The van der Waals surface area contributed by atoms with E-state index in [1.807, 2.05) is 0 Å². The van der Waals surface area contributed by atoms with Crippen molar-refractivity contribution in [3.05, 3.63) is 0 Å². The minimum atomic E-state index is 0. The molecule has 0 aromatic rings. The molecule has 0 saturated carbocycles. The van der Waals surface area contributed by atoms with E-state index in [0.29, 0.717) is 0 Å². The van der Waals surface area contributed by atoms with Crippen LogP contribution in [0, 0.1) is 0 Å². The van der Waals surface area contributed by atoms with E-state index >= 15 is 0 Å². The van der Waals surface area contributed by atoms with Gasteiger partial charge in [0.1, 0.15) is 0 Å². The van der Waals surface area contributed by atoms with E-state index in [9.17, 15) is 0 Å². The first-order valence-corrected chi connectivity index (χ1v) is 1.48. The quantitative estimate of drug-likeness (QED) is 0.213. The first-order valence-electron chi connectivity index (χ1n) is 1.48. The molecule has 0 atom stereocenters. The van der Waals surface area contributed by atoms with Gasteiger partial charge in [-0.15, -0.1) is 0 Å². The summed E-state index contributed by atoms with van der Waals surface area (Å²) >= 11 is 0. The van der Waals surface area contributed by atoms with Gasteiger partial charge in [0, 0.05) is 0 Å². The predicted molar refractivity (Wildman–Crippen MR) is 29.6 cm³/mol. The molecule has 0 saturated heterocycles. The van der Waals surface area contributed by atoms with Crippen LogP contribution in [0.2, 0.25) is 0 Å². The first kappa shape index (κ1) is 23.1. The monoisotopic (exact) mass is 188 g/mol. The minimum Gasteiger partial charge on any atom is -0.543 e. The molecule has 0 aromatic heterocycles. The summed E-state index contributed by atoms with van der Waals surface area (Å²) in [5, 5.41) is 0. The van der Waals surface area contributed by atoms with Crippen molar-refractivity contribution in [1.82, 2.24) is 0 Å². The van der Waals surface area contributed by atoms with Crippen molar-refractivity contribution in [1.29, 1.82) is 0 Å². The molecule has 0 heterocycles. The van der Waals surface area contributed by atoms with Gasteiger partial charge in [0.05, 0.1) is 0 Å². The standard InChI is InChI=1S/3CH2NO.Fe/c3*2-1-3;/h3*(H2,2,3);/q3*-1;+3. The largest absolute Gasteiger partial charge is 3.00 e. The van der Waals surface area contributed by atoms with E-state index in [0.717, 1.165) is 19.2 Å². The van der Waals surface area contributed by atoms with Crippen LogP contribution in [0.1, 0.15) is 0 Å². The van der Waals surface area contributed by atoms with Crippen molar-refractivity contribution >= 4 is 19.2 Å². The van der Waals surface area contributed by atoms with Gasteiger partial charge in [0.25, 0.3) is 0 Å². The topological polar surface area (TPSA) is 129 Å². The zero-order valence-corrected chi connectivity index (χ0v) is 5.91. The molecule has 6 nitrogen and oxygen atoms in total. The van der Waals surface area contributed by atoms with Crippen LogP contribution in [0.3, 0.4) is 0 Å². The fourth-order valence-corrected chi connectivity index (χ4v) is 0. The van der Waals surface area contributed by atoms with Crippen molar-refractivity contribution in [3.63, 3.8) is 0 Å². The van der Waals surface area contributed by atoms with Crippen molar-refractivity contribution in [3.8, 4) is 0 Å². The van der Waals surface area contributed by atoms with Crippen molar-refractivity contribution in [2.75, 3.05) is 0 Å². The summed E-state index contributed by atoms with van der Waals surface area (Å²) in [6, 6.07) is 0. The molecule has 0 spiro atoms. The second-order valence-electron chi connectivity index (χ2n) is 0.354. The fraction of sp³-hybridized carbons (Fsp3) is 0. The summed E-state index contributed by atoms with van der Waals surface area (Å²) in [4.78, 5) is 25.4. The second-order valence-corrected chi connectivity index (χ2v) is 0.354. The number of hydrogen-bond donors (Lipinski definition) is 3. The molecular formula is C3H6FeN3O3. The summed E-state index contributed by atoms with van der Waals surface area (Å²) < 4.78 is 0. The molecule has 0 unspecified atom stereocenters. The van der Waals surface area contributed by atoms with Crippen molar-refractivity contribution < 1.29 is 31.5 Å². The van der Waals surface area contributed by atoms with Crippen molar-refractivity contribution in [2.24, 2.45) is 17.2 Å². The SMILES string of the molecule is N[C-]=O.N[C-]=O.N[C-]=O.[Fe+3]. The number of amides is 3. The summed E-state index contributed by atoms with van der Waals surface area (Å²) in [6.07, 6.45) is 3.00. The molecule has 0 rings (SSSR count). The average molecular weight is 188 g/mol. The Hall–Kier alpha value is -1.07. The van der Waals surface area contributed by atoms with Gasteiger partial charge in [-0.25, -0.2) is 0 Å².